The summed E-state index contributed by atoms with van der Waals surface area (Å²) in [5.74, 6) is 0.163. The molecule has 2 saturated heterocycles. The Balaban J connectivity index is 1.57. The third-order valence-electron chi connectivity index (χ3n) is 5.86. The van der Waals surface area contributed by atoms with Gasteiger partial charge in [-0.15, -0.1) is 0 Å². The highest BCUT2D eigenvalue weighted by Crippen LogP contribution is 2.28. The fourth-order valence-corrected chi connectivity index (χ4v) is 3.78. The smallest absolute Gasteiger partial charge is 0.157 e. The van der Waals surface area contributed by atoms with Crippen molar-refractivity contribution >= 4 is 0 Å². The molecular formula is C25H46O7. The van der Waals surface area contributed by atoms with Crippen LogP contribution in [0.15, 0.2) is 12.3 Å². The van der Waals surface area contributed by atoms with E-state index in [0.29, 0.717) is 33.0 Å². The van der Waals surface area contributed by atoms with Crippen molar-refractivity contribution in [3.05, 3.63) is 12.3 Å². The van der Waals surface area contributed by atoms with Crippen molar-refractivity contribution in [2.45, 2.75) is 96.9 Å². The van der Waals surface area contributed by atoms with Crippen LogP contribution in [-0.4, -0.2) is 70.0 Å². The summed E-state index contributed by atoms with van der Waals surface area (Å²) < 4.78 is 40.3. The molecule has 2 heterocycles. The summed E-state index contributed by atoms with van der Waals surface area (Å²) in [7, 11) is 0. The standard InChI is InChI=1S/C25H46O7/c1-21(12-15-26-16-18-30-22-10-6-8-13-28-22)25(4,5)32-24(2,3)20-27-17-19-31-23-11-7-9-14-29-23/h12,15,21-23H,6-11,13-14,16-20H2,1-5H3/b15-12+. The highest BCUT2D eigenvalue weighted by atomic mass is 16.7. The van der Waals surface area contributed by atoms with E-state index in [1.807, 2.05) is 6.08 Å². The Labute approximate surface area is 195 Å². The van der Waals surface area contributed by atoms with Gasteiger partial charge in [-0.25, -0.2) is 0 Å². The van der Waals surface area contributed by atoms with Gasteiger partial charge in [-0.3, -0.25) is 0 Å². The lowest BCUT2D eigenvalue weighted by atomic mass is 9.91. The second kappa shape index (κ2) is 14.5. The number of ether oxygens (including phenoxy) is 7. The van der Waals surface area contributed by atoms with Crippen LogP contribution in [-0.2, 0) is 33.2 Å². The Morgan fingerprint density at radius 3 is 2.00 bits per heavy atom. The largest absolute Gasteiger partial charge is 0.499 e. The van der Waals surface area contributed by atoms with Crippen molar-refractivity contribution in [2.75, 3.05) is 46.2 Å². The maximum atomic E-state index is 6.40. The van der Waals surface area contributed by atoms with Gasteiger partial charge in [0.25, 0.3) is 0 Å². The highest BCUT2D eigenvalue weighted by molar-refractivity contribution is 4.93. The molecular weight excluding hydrogens is 412 g/mol. The van der Waals surface area contributed by atoms with Crippen LogP contribution in [0.3, 0.4) is 0 Å². The van der Waals surface area contributed by atoms with Crippen molar-refractivity contribution < 1.29 is 33.2 Å². The molecule has 3 atom stereocenters. The van der Waals surface area contributed by atoms with Crippen molar-refractivity contribution in [1.82, 2.24) is 0 Å². The summed E-state index contributed by atoms with van der Waals surface area (Å²) in [6, 6.07) is 0. The van der Waals surface area contributed by atoms with Gasteiger partial charge in [0.05, 0.1) is 43.9 Å². The van der Waals surface area contributed by atoms with E-state index in [2.05, 4.69) is 34.6 Å². The van der Waals surface area contributed by atoms with E-state index in [-0.39, 0.29) is 24.1 Å². The van der Waals surface area contributed by atoms with Gasteiger partial charge < -0.3 is 33.2 Å². The number of rotatable bonds is 15. The van der Waals surface area contributed by atoms with Crippen LogP contribution in [0, 0.1) is 5.92 Å². The maximum Gasteiger partial charge on any atom is 0.157 e. The van der Waals surface area contributed by atoms with E-state index >= 15 is 0 Å². The van der Waals surface area contributed by atoms with Gasteiger partial charge in [0, 0.05) is 19.1 Å². The molecule has 32 heavy (non-hydrogen) atoms. The van der Waals surface area contributed by atoms with Crippen LogP contribution in [0.4, 0.5) is 0 Å². The quantitative estimate of drug-likeness (QED) is 0.257. The lowest BCUT2D eigenvalue weighted by Crippen LogP contribution is -2.43. The topological polar surface area (TPSA) is 64.6 Å². The van der Waals surface area contributed by atoms with E-state index in [9.17, 15) is 0 Å². The van der Waals surface area contributed by atoms with Crippen molar-refractivity contribution in [3.63, 3.8) is 0 Å². The van der Waals surface area contributed by atoms with Gasteiger partial charge in [-0.05, 0) is 72.3 Å². The predicted octanol–water partition coefficient (Wildman–Crippen LogP) is 4.83. The monoisotopic (exact) mass is 458 g/mol. The molecule has 0 N–H and O–H groups in total. The lowest BCUT2D eigenvalue weighted by molar-refractivity contribution is -0.183. The summed E-state index contributed by atoms with van der Waals surface area (Å²) in [6.45, 7) is 14.6. The first-order valence-electron chi connectivity index (χ1n) is 12.3. The average molecular weight is 459 g/mol. The second-order valence-electron chi connectivity index (χ2n) is 9.84. The molecule has 0 aliphatic carbocycles. The third kappa shape index (κ3) is 11.4. The summed E-state index contributed by atoms with van der Waals surface area (Å²) in [4.78, 5) is 0. The van der Waals surface area contributed by atoms with Crippen LogP contribution in [0.2, 0.25) is 0 Å². The Kier molecular flexibility index (Phi) is 12.5. The molecule has 7 heteroatoms. The normalized spacial score (nSPS) is 24.0. The first kappa shape index (κ1) is 27.5. The summed E-state index contributed by atoms with van der Waals surface area (Å²) in [5.41, 5.74) is -0.784. The Hall–Kier alpha value is -0.700. The van der Waals surface area contributed by atoms with E-state index in [1.54, 1.807) is 6.26 Å². The lowest BCUT2D eigenvalue weighted by Gasteiger charge is -2.38. The molecule has 0 amide bonds. The van der Waals surface area contributed by atoms with E-state index in [1.165, 1.54) is 12.8 Å². The fraction of sp³-hybridized carbons (Fsp3) is 0.920. The van der Waals surface area contributed by atoms with Crippen LogP contribution in [0.1, 0.15) is 73.1 Å². The van der Waals surface area contributed by atoms with E-state index in [0.717, 1.165) is 38.9 Å². The first-order valence-corrected chi connectivity index (χ1v) is 12.3. The molecule has 0 radical (unpaired) electrons. The van der Waals surface area contributed by atoms with Crippen molar-refractivity contribution in [3.8, 4) is 0 Å². The van der Waals surface area contributed by atoms with Gasteiger partial charge in [0.15, 0.2) is 12.6 Å². The van der Waals surface area contributed by atoms with Crippen molar-refractivity contribution in [1.29, 1.82) is 0 Å². The van der Waals surface area contributed by atoms with Crippen LogP contribution < -0.4 is 0 Å². The molecule has 7 nitrogen and oxygen atoms in total. The predicted molar refractivity (Wildman–Crippen MR) is 123 cm³/mol. The van der Waals surface area contributed by atoms with Crippen molar-refractivity contribution in [2.24, 2.45) is 5.92 Å². The van der Waals surface area contributed by atoms with Gasteiger partial charge >= 0.3 is 0 Å². The SMILES string of the molecule is CC(/C=C/OCCOC1CCCCO1)C(C)(C)OC(C)(C)COCCOC1CCCCO1. The third-order valence-corrected chi connectivity index (χ3v) is 5.86. The summed E-state index contributed by atoms with van der Waals surface area (Å²) in [5, 5.41) is 0. The molecule has 2 aliphatic heterocycles. The molecule has 0 aromatic rings. The Bertz CT molecular complexity index is 508. The zero-order valence-electron chi connectivity index (χ0n) is 20.9. The number of hydrogen-bond acceptors (Lipinski definition) is 7. The molecule has 2 fully saturated rings. The summed E-state index contributed by atoms with van der Waals surface area (Å²) in [6.07, 6.45) is 10.2. The molecule has 0 aromatic heterocycles. The molecule has 0 bridgehead atoms. The molecule has 0 spiro atoms. The highest BCUT2D eigenvalue weighted by Gasteiger charge is 2.33. The van der Waals surface area contributed by atoms with E-state index < -0.39 is 5.60 Å². The van der Waals surface area contributed by atoms with Gasteiger partial charge in [0.1, 0.15) is 6.61 Å². The Morgan fingerprint density at radius 1 is 0.844 bits per heavy atom. The van der Waals surface area contributed by atoms with Crippen LogP contribution in [0.5, 0.6) is 0 Å². The number of hydrogen-bond donors (Lipinski definition) is 0. The van der Waals surface area contributed by atoms with Crippen LogP contribution in [0.25, 0.3) is 0 Å². The van der Waals surface area contributed by atoms with E-state index in [4.69, 9.17) is 33.2 Å². The first-order chi connectivity index (χ1) is 15.3. The molecule has 188 valence electrons. The minimum atomic E-state index is -0.415. The zero-order valence-corrected chi connectivity index (χ0v) is 20.9. The molecule has 3 unspecified atom stereocenters. The molecule has 2 aliphatic rings. The molecule has 0 aromatic carbocycles. The minimum Gasteiger partial charge on any atom is -0.499 e. The second-order valence-corrected chi connectivity index (χ2v) is 9.84. The summed E-state index contributed by atoms with van der Waals surface area (Å²) >= 11 is 0. The average Bonchev–Trinajstić information content (AvgIpc) is 2.76. The van der Waals surface area contributed by atoms with Crippen LogP contribution >= 0.6 is 0 Å². The zero-order chi connectivity index (χ0) is 23.3. The van der Waals surface area contributed by atoms with Gasteiger partial charge in [0.2, 0.25) is 0 Å². The minimum absolute atomic E-state index is 0.0702. The van der Waals surface area contributed by atoms with Gasteiger partial charge in [-0.2, -0.15) is 0 Å². The fourth-order valence-electron chi connectivity index (χ4n) is 3.78. The molecule has 0 saturated carbocycles. The maximum absolute atomic E-state index is 6.40. The Morgan fingerprint density at radius 2 is 1.44 bits per heavy atom. The molecule has 2 rings (SSSR count). The van der Waals surface area contributed by atoms with Gasteiger partial charge in [-0.1, -0.05) is 6.92 Å².